The van der Waals surface area contributed by atoms with Crippen molar-refractivity contribution in [3.63, 3.8) is 0 Å². The number of amides is 6. The lowest BCUT2D eigenvalue weighted by Gasteiger charge is -2.39. The maximum absolute atomic E-state index is 13.9. The lowest BCUT2D eigenvalue weighted by Crippen LogP contribution is -2.59. The SMILES string of the molecule is CC(C)(C)C(=O)CCCCCCCCCCC(=O)NC(COCCC(=O)NCCCCC(=O)CCCCO[C@H]1OC(CO)[C@@H](O)[C@H](O)C1O)(COCCC(=O)NCCCNC(=O)CCCCO[C@H]1OC(CO)[C@@H](O)[C@H](O)C1O)COCCC(=O)NCCCNC(=O)CCCCO[C@H]1OC(CO)[C@@H](O)[C@H](O)C1O. The third-order valence-corrected chi connectivity index (χ3v) is 18.4. The summed E-state index contributed by atoms with van der Waals surface area (Å²) in [5, 5.41) is 136. The maximum atomic E-state index is 13.9. The molecule has 6 amide bonds. The molecule has 3 aliphatic heterocycles. The maximum Gasteiger partial charge on any atom is 0.222 e. The van der Waals surface area contributed by atoms with E-state index in [4.69, 9.17) is 42.6 Å². The van der Waals surface area contributed by atoms with E-state index in [-0.39, 0.29) is 196 Å². The molecule has 3 aliphatic rings. The molecule has 3 fully saturated rings. The predicted octanol–water partition coefficient (Wildman–Crippen LogP) is -2.36. The second-order valence-electron chi connectivity index (χ2n) is 28.8. The number of rotatable bonds is 61. The van der Waals surface area contributed by atoms with Crippen LogP contribution in [-0.4, -0.2) is 318 Å². The summed E-state index contributed by atoms with van der Waals surface area (Å²) in [6.07, 6.45) is -8.15. The smallest absolute Gasteiger partial charge is 0.222 e. The van der Waals surface area contributed by atoms with Crippen LogP contribution in [0.2, 0.25) is 0 Å². The predicted molar refractivity (Wildman–Crippen MR) is 382 cm³/mol. The highest BCUT2D eigenvalue weighted by molar-refractivity contribution is 5.83. The minimum Gasteiger partial charge on any atom is -0.394 e. The van der Waals surface area contributed by atoms with Gasteiger partial charge < -0.3 is 136 Å². The van der Waals surface area contributed by atoms with Crippen molar-refractivity contribution in [3.8, 4) is 0 Å². The van der Waals surface area contributed by atoms with E-state index in [0.717, 1.165) is 44.9 Å². The zero-order valence-corrected chi connectivity index (χ0v) is 63.1. The number of unbranched alkanes of at least 4 members (excludes halogenated alkanes) is 11. The summed E-state index contributed by atoms with van der Waals surface area (Å²) < 4.78 is 50.7. The van der Waals surface area contributed by atoms with Gasteiger partial charge in [0, 0.05) is 116 Å². The summed E-state index contributed by atoms with van der Waals surface area (Å²) in [5.41, 5.74) is -1.74. The summed E-state index contributed by atoms with van der Waals surface area (Å²) in [5.74, 6) is -1.59. The molecule has 0 aromatic carbocycles. The van der Waals surface area contributed by atoms with Crippen LogP contribution in [0.25, 0.3) is 0 Å². The molecule has 6 unspecified atom stereocenters. The van der Waals surface area contributed by atoms with E-state index in [1.54, 1.807) is 0 Å². The molecule has 622 valence electrons. The molecule has 35 nitrogen and oxygen atoms in total. The second-order valence-corrected chi connectivity index (χ2v) is 28.8. The zero-order valence-electron chi connectivity index (χ0n) is 63.1. The first kappa shape index (κ1) is 96.5. The molecular formula is C72H130N6O29. The molecule has 0 saturated carbocycles. The molecule has 35 heteroatoms. The van der Waals surface area contributed by atoms with E-state index in [1.165, 1.54) is 0 Å². The van der Waals surface area contributed by atoms with Crippen LogP contribution in [-0.2, 0) is 81.0 Å². The minimum atomic E-state index is -1.57. The van der Waals surface area contributed by atoms with Crippen molar-refractivity contribution in [3.05, 3.63) is 0 Å². The van der Waals surface area contributed by atoms with Gasteiger partial charge in [0.05, 0.1) is 59.5 Å². The van der Waals surface area contributed by atoms with Gasteiger partial charge in [-0.05, 0) is 77.0 Å². The Bertz CT molecular complexity index is 2270. The number of aliphatic hydroxyl groups excluding tert-OH is 12. The Labute approximate surface area is 628 Å². The molecule has 0 spiro atoms. The van der Waals surface area contributed by atoms with E-state index < -0.39 is 117 Å². The van der Waals surface area contributed by atoms with Crippen LogP contribution < -0.4 is 31.9 Å². The number of Topliss-reactive ketones (excluding diaryl/α,β-unsaturated/α-hetero) is 2. The normalized spacial score (nSPS) is 25.1. The summed E-state index contributed by atoms with van der Waals surface area (Å²) in [6, 6.07) is 0. The molecule has 3 heterocycles. The molecule has 15 atom stereocenters. The van der Waals surface area contributed by atoms with E-state index in [9.17, 15) is 99.6 Å². The lowest BCUT2D eigenvalue weighted by atomic mass is 9.88. The minimum absolute atomic E-state index is 0.00895. The van der Waals surface area contributed by atoms with Crippen molar-refractivity contribution >= 4 is 47.0 Å². The highest BCUT2D eigenvalue weighted by Gasteiger charge is 2.46. The van der Waals surface area contributed by atoms with Gasteiger partial charge >= 0.3 is 0 Å². The van der Waals surface area contributed by atoms with Gasteiger partial charge in [-0.1, -0.05) is 59.3 Å². The van der Waals surface area contributed by atoms with Crippen LogP contribution in [0.5, 0.6) is 0 Å². The molecule has 3 saturated heterocycles. The van der Waals surface area contributed by atoms with Crippen LogP contribution in [0.3, 0.4) is 0 Å². The van der Waals surface area contributed by atoms with Gasteiger partial charge in [0.1, 0.15) is 90.4 Å². The van der Waals surface area contributed by atoms with E-state index in [0.29, 0.717) is 77.0 Å². The Hall–Kier alpha value is -4.68. The molecule has 18 N–H and O–H groups in total. The number of aliphatic hydroxyl groups is 12. The van der Waals surface area contributed by atoms with E-state index in [1.807, 2.05) is 20.8 Å². The summed E-state index contributed by atoms with van der Waals surface area (Å²) >= 11 is 0. The van der Waals surface area contributed by atoms with Crippen molar-refractivity contribution in [2.45, 2.75) is 292 Å². The van der Waals surface area contributed by atoms with Gasteiger partial charge in [-0.2, -0.15) is 0 Å². The monoisotopic (exact) mass is 1540 g/mol. The number of ether oxygens (including phenoxy) is 9. The van der Waals surface area contributed by atoms with Crippen molar-refractivity contribution in [2.24, 2.45) is 5.41 Å². The molecule has 0 radical (unpaired) electrons. The van der Waals surface area contributed by atoms with Gasteiger partial charge in [0.2, 0.25) is 35.4 Å². The van der Waals surface area contributed by atoms with Gasteiger partial charge in [-0.15, -0.1) is 0 Å². The Morgan fingerprint density at radius 2 is 0.589 bits per heavy atom. The van der Waals surface area contributed by atoms with E-state index in [2.05, 4.69) is 31.9 Å². The number of carbonyl (C=O) groups is 8. The van der Waals surface area contributed by atoms with Crippen LogP contribution >= 0.6 is 0 Å². The van der Waals surface area contributed by atoms with Crippen LogP contribution in [0.4, 0.5) is 0 Å². The first-order valence-corrected chi connectivity index (χ1v) is 38.4. The van der Waals surface area contributed by atoms with Crippen molar-refractivity contribution in [2.75, 3.05) is 112 Å². The molecule has 107 heavy (non-hydrogen) atoms. The summed E-state index contributed by atoms with van der Waals surface area (Å²) in [4.78, 5) is 103. The average molecular weight is 1540 g/mol. The fourth-order valence-corrected chi connectivity index (χ4v) is 11.6. The number of carbonyl (C=O) groups excluding carboxylic acids is 8. The van der Waals surface area contributed by atoms with Gasteiger partial charge in [0.25, 0.3) is 0 Å². The molecule has 3 rings (SSSR count). The first-order valence-electron chi connectivity index (χ1n) is 38.4. The van der Waals surface area contributed by atoms with E-state index >= 15 is 0 Å². The van der Waals surface area contributed by atoms with Crippen molar-refractivity contribution in [1.29, 1.82) is 0 Å². The lowest BCUT2D eigenvalue weighted by molar-refractivity contribution is -0.301. The Morgan fingerprint density at radius 1 is 0.308 bits per heavy atom. The largest absolute Gasteiger partial charge is 0.394 e. The summed E-state index contributed by atoms with van der Waals surface area (Å²) in [6.45, 7) is 4.59. The van der Waals surface area contributed by atoms with Crippen molar-refractivity contribution in [1.82, 2.24) is 31.9 Å². The topological polar surface area (TPSA) is 535 Å². The Morgan fingerprint density at radius 3 is 0.925 bits per heavy atom. The quantitative estimate of drug-likeness (QED) is 0.0283. The van der Waals surface area contributed by atoms with Crippen LogP contribution in [0.15, 0.2) is 0 Å². The van der Waals surface area contributed by atoms with Gasteiger partial charge in [-0.3, -0.25) is 38.4 Å². The summed E-state index contributed by atoms with van der Waals surface area (Å²) in [7, 11) is 0. The van der Waals surface area contributed by atoms with Gasteiger partial charge in [-0.25, -0.2) is 0 Å². The van der Waals surface area contributed by atoms with Crippen LogP contribution in [0, 0.1) is 5.41 Å². The fourth-order valence-electron chi connectivity index (χ4n) is 11.6. The van der Waals surface area contributed by atoms with Gasteiger partial charge in [0.15, 0.2) is 18.9 Å². The first-order chi connectivity index (χ1) is 51.2. The average Bonchev–Trinajstić information content (AvgIpc) is 0.821. The Kier molecular flexibility index (Phi) is 50.2. The molecule has 0 aliphatic carbocycles. The third kappa shape index (κ3) is 40.4. The highest BCUT2D eigenvalue weighted by atomic mass is 16.7. The standard InChI is InChI=1S/C72H130N6O29/c1-71(2,3)52(83)24-10-8-6-4-5-7-9-11-27-58(89)78-72(45-99-39-28-55(86)73-31-16-12-22-48(82)23-13-17-36-102-68-65(96)62(93)59(90)49(42-79)105-68,46-100-40-29-56(87)76-34-20-32-74-53(84)25-14-18-37-103-69-66(97)63(94)60(91)50(43-80)106-69)47-101-41-30-57(88)77-35-21-33-75-54(85)26-15-19-38-104-70-67(98)64(95)61(92)51(44-81)107-70/h49-51,59-70,79-81,90-98H,4-47H2,1-3H3,(H,73,86)(H,74,84)(H,75,85)(H,76,87)(H,77,88)(H,78,89)/t49?,50?,51?,59-,60-,61-,62+,63+,64+,65?,66?,67?,68+,69+,70+,72?/m1/s1. The number of hydrogen-bond donors (Lipinski definition) is 18. The molecular weight excluding hydrogens is 1410 g/mol. The zero-order chi connectivity index (χ0) is 79.0. The number of nitrogens with one attached hydrogen (secondary N) is 6. The highest BCUT2D eigenvalue weighted by Crippen LogP contribution is 2.26. The number of hydrogen-bond acceptors (Lipinski definition) is 29. The Balaban J connectivity index is 1.53. The second kappa shape index (κ2) is 55.7. The molecule has 0 bridgehead atoms. The van der Waals surface area contributed by atoms with Crippen LogP contribution in [0.1, 0.15) is 194 Å². The third-order valence-electron chi connectivity index (χ3n) is 18.4. The fraction of sp³-hybridized carbons (Fsp3) is 0.889. The molecule has 0 aromatic heterocycles. The number of ketones is 2. The van der Waals surface area contributed by atoms with Crippen molar-refractivity contribution < 1.29 is 142 Å². The molecule has 0 aromatic rings.